The molecule has 1 amide bonds. The topological polar surface area (TPSA) is 131 Å². The molecule has 0 saturated carbocycles. The molecular formula is C27H23NO8. The number of benzene rings is 3. The fourth-order valence-corrected chi connectivity index (χ4v) is 3.64. The van der Waals surface area contributed by atoms with Gasteiger partial charge in [-0.15, -0.1) is 0 Å². The minimum Gasteiger partial charge on any atom is -0.508 e. The number of hydrogen-bond donors (Lipinski definition) is 3. The zero-order valence-corrected chi connectivity index (χ0v) is 19.3. The summed E-state index contributed by atoms with van der Waals surface area (Å²) >= 11 is 0. The molecule has 0 aliphatic carbocycles. The van der Waals surface area contributed by atoms with E-state index in [4.69, 9.17) is 14.2 Å². The number of aromatic hydroxyl groups is 1. The van der Waals surface area contributed by atoms with Crippen LogP contribution < -0.4 is 19.5 Å². The van der Waals surface area contributed by atoms with E-state index in [1.165, 1.54) is 31.4 Å². The first-order valence-corrected chi connectivity index (χ1v) is 11.0. The number of ether oxygens (including phenoxy) is 3. The Hall–Kier alpha value is -4.79. The lowest BCUT2D eigenvalue weighted by molar-refractivity contribution is -0.142. The number of carboxylic acids is 1. The van der Waals surface area contributed by atoms with Crippen LogP contribution in [0.15, 0.2) is 72.5 Å². The van der Waals surface area contributed by atoms with Crippen LogP contribution in [0.25, 0.3) is 6.08 Å². The molecule has 0 spiro atoms. The van der Waals surface area contributed by atoms with Crippen molar-refractivity contribution >= 4 is 23.7 Å². The van der Waals surface area contributed by atoms with Crippen LogP contribution in [0.5, 0.6) is 23.0 Å². The highest BCUT2D eigenvalue weighted by atomic mass is 16.5. The van der Waals surface area contributed by atoms with Gasteiger partial charge in [-0.25, -0.2) is 4.79 Å². The number of ketones is 1. The number of Topliss-reactive ketones (excluding diaryl/α,β-unsaturated/α-hetero) is 1. The minimum atomic E-state index is -1.20. The summed E-state index contributed by atoms with van der Waals surface area (Å²) in [6.45, 7) is -0.435. The Kier molecular flexibility index (Phi) is 7.20. The summed E-state index contributed by atoms with van der Waals surface area (Å²) in [4.78, 5) is 36.6. The van der Waals surface area contributed by atoms with Crippen molar-refractivity contribution in [1.82, 2.24) is 5.32 Å². The number of phenolic OH excluding ortho intramolecular Hbond substituents is 1. The van der Waals surface area contributed by atoms with Gasteiger partial charge in [0, 0.05) is 18.1 Å². The Bertz CT molecular complexity index is 1330. The number of carboxylic acid groups (broad SMARTS) is 1. The lowest BCUT2D eigenvalue weighted by Gasteiger charge is -2.15. The fourth-order valence-electron chi connectivity index (χ4n) is 3.64. The van der Waals surface area contributed by atoms with Crippen molar-refractivity contribution in [3.8, 4) is 23.0 Å². The normalized spacial score (nSPS) is 14.0. The number of hydrogen-bond acceptors (Lipinski definition) is 7. The number of carbonyl (C=O) groups excluding carboxylic acids is 2. The summed E-state index contributed by atoms with van der Waals surface area (Å²) in [6.07, 6.45) is 1.63. The van der Waals surface area contributed by atoms with Gasteiger partial charge >= 0.3 is 5.97 Å². The molecule has 36 heavy (non-hydrogen) atoms. The molecule has 0 saturated heterocycles. The molecule has 0 aromatic heterocycles. The molecule has 1 unspecified atom stereocenters. The van der Waals surface area contributed by atoms with Gasteiger partial charge in [0.05, 0.1) is 12.7 Å². The van der Waals surface area contributed by atoms with Crippen LogP contribution in [0, 0.1) is 0 Å². The van der Waals surface area contributed by atoms with Crippen LogP contribution in [0.4, 0.5) is 0 Å². The second-order valence-electron chi connectivity index (χ2n) is 7.96. The number of rotatable bonds is 9. The molecule has 4 rings (SSSR count). The molecule has 1 atom stereocenters. The number of para-hydroxylation sites is 1. The molecule has 0 fully saturated rings. The molecule has 1 aliphatic rings. The Labute approximate surface area is 206 Å². The maximum absolute atomic E-state index is 12.7. The van der Waals surface area contributed by atoms with E-state index in [9.17, 15) is 24.6 Å². The van der Waals surface area contributed by atoms with E-state index in [1.54, 1.807) is 36.4 Å². The van der Waals surface area contributed by atoms with Gasteiger partial charge < -0.3 is 29.7 Å². The number of allylic oxidation sites excluding steroid dienone is 1. The predicted octanol–water partition coefficient (Wildman–Crippen LogP) is 3.21. The van der Waals surface area contributed by atoms with Gasteiger partial charge in [0.1, 0.15) is 29.0 Å². The second kappa shape index (κ2) is 10.6. The van der Waals surface area contributed by atoms with E-state index < -0.39 is 24.5 Å². The standard InChI is InChI=1S/C27H23NO8/c1-34-22-5-3-2-4-17(22)13-24-26(31)20-11-10-19(14-23(20)36-24)35-15-25(30)28-21(27(32)33)12-16-6-8-18(29)9-7-16/h2-11,13-14,21,29H,12,15H2,1H3,(H,28,30)(H,32,33). The number of methoxy groups -OCH3 is 1. The first-order valence-electron chi connectivity index (χ1n) is 11.0. The summed E-state index contributed by atoms with van der Waals surface area (Å²) in [7, 11) is 1.54. The second-order valence-corrected chi connectivity index (χ2v) is 7.96. The van der Waals surface area contributed by atoms with Crippen LogP contribution >= 0.6 is 0 Å². The zero-order chi connectivity index (χ0) is 25.7. The van der Waals surface area contributed by atoms with E-state index >= 15 is 0 Å². The molecule has 9 nitrogen and oxygen atoms in total. The van der Waals surface area contributed by atoms with Gasteiger partial charge in [0.2, 0.25) is 5.78 Å². The Morgan fingerprint density at radius 2 is 1.83 bits per heavy atom. The average molecular weight is 489 g/mol. The van der Waals surface area contributed by atoms with Crippen LogP contribution in [-0.4, -0.2) is 47.6 Å². The highest BCUT2D eigenvalue weighted by Gasteiger charge is 2.28. The largest absolute Gasteiger partial charge is 0.508 e. The number of carbonyl (C=O) groups is 3. The Morgan fingerprint density at radius 1 is 1.08 bits per heavy atom. The predicted molar refractivity (Wildman–Crippen MR) is 129 cm³/mol. The van der Waals surface area contributed by atoms with Crippen molar-refractivity contribution in [3.63, 3.8) is 0 Å². The smallest absolute Gasteiger partial charge is 0.326 e. The number of nitrogens with one attached hydrogen (secondary N) is 1. The van der Waals surface area contributed by atoms with Crippen molar-refractivity contribution in [1.29, 1.82) is 0 Å². The van der Waals surface area contributed by atoms with Crippen LogP contribution in [-0.2, 0) is 16.0 Å². The summed E-state index contributed by atoms with van der Waals surface area (Å²) in [5.41, 5.74) is 1.68. The molecule has 9 heteroatoms. The molecular weight excluding hydrogens is 466 g/mol. The average Bonchev–Trinajstić information content (AvgIpc) is 3.18. The molecule has 3 aromatic carbocycles. The van der Waals surface area contributed by atoms with E-state index in [2.05, 4.69) is 5.32 Å². The summed E-state index contributed by atoms with van der Waals surface area (Å²) < 4.78 is 16.5. The highest BCUT2D eigenvalue weighted by Crippen LogP contribution is 2.35. The van der Waals surface area contributed by atoms with Crippen molar-refractivity contribution in [2.24, 2.45) is 0 Å². The minimum absolute atomic E-state index is 0.0391. The molecule has 3 aromatic rings. The maximum Gasteiger partial charge on any atom is 0.326 e. The molecule has 1 aliphatic heterocycles. The third kappa shape index (κ3) is 5.64. The molecule has 3 N–H and O–H groups in total. The van der Waals surface area contributed by atoms with Gasteiger partial charge in [-0.3, -0.25) is 9.59 Å². The van der Waals surface area contributed by atoms with Gasteiger partial charge in [-0.1, -0.05) is 30.3 Å². The van der Waals surface area contributed by atoms with Crippen molar-refractivity contribution in [2.45, 2.75) is 12.5 Å². The van der Waals surface area contributed by atoms with Gasteiger partial charge in [-0.05, 0) is 42.0 Å². The SMILES string of the molecule is COc1ccccc1C=C1Oc2cc(OCC(=O)NC(Cc3ccc(O)cc3)C(=O)O)ccc2C1=O. The summed E-state index contributed by atoms with van der Waals surface area (Å²) in [5.74, 6) is -0.772. The molecule has 0 radical (unpaired) electrons. The van der Waals surface area contributed by atoms with Gasteiger partial charge in [0.25, 0.3) is 5.91 Å². The van der Waals surface area contributed by atoms with E-state index in [0.29, 0.717) is 22.4 Å². The summed E-state index contributed by atoms with van der Waals surface area (Å²) in [5, 5.41) is 21.2. The van der Waals surface area contributed by atoms with E-state index in [0.717, 1.165) is 0 Å². The maximum atomic E-state index is 12.7. The first kappa shape index (κ1) is 24.3. The van der Waals surface area contributed by atoms with Crippen LogP contribution in [0.1, 0.15) is 21.5 Å². The van der Waals surface area contributed by atoms with Gasteiger partial charge in [-0.2, -0.15) is 0 Å². The van der Waals surface area contributed by atoms with E-state index in [1.807, 2.05) is 12.1 Å². The fraction of sp³-hybridized carbons (Fsp3) is 0.148. The number of phenols is 1. The third-order valence-electron chi connectivity index (χ3n) is 5.45. The molecule has 1 heterocycles. The number of aliphatic carboxylic acids is 1. The first-order chi connectivity index (χ1) is 17.3. The quantitative estimate of drug-likeness (QED) is 0.391. The summed E-state index contributed by atoms with van der Waals surface area (Å²) in [6, 6.07) is 16.6. The van der Waals surface area contributed by atoms with Crippen molar-refractivity contribution < 1.29 is 38.8 Å². The number of fused-ring (bicyclic) bond motifs is 1. The van der Waals surface area contributed by atoms with Gasteiger partial charge in [0.15, 0.2) is 12.4 Å². The zero-order valence-electron chi connectivity index (χ0n) is 19.3. The number of amides is 1. The Balaban J connectivity index is 1.38. The molecule has 0 bridgehead atoms. The van der Waals surface area contributed by atoms with Crippen molar-refractivity contribution in [3.05, 3.63) is 89.2 Å². The van der Waals surface area contributed by atoms with Crippen LogP contribution in [0.3, 0.4) is 0 Å². The van der Waals surface area contributed by atoms with Crippen molar-refractivity contribution in [2.75, 3.05) is 13.7 Å². The molecule has 184 valence electrons. The van der Waals surface area contributed by atoms with Crippen LogP contribution in [0.2, 0.25) is 0 Å². The lowest BCUT2D eigenvalue weighted by Crippen LogP contribution is -2.44. The monoisotopic (exact) mass is 489 g/mol. The Morgan fingerprint density at radius 3 is 2.56 bits per heavy atom. The van der Waals surface area contributed by atoms with E-state index in [-0.39, 0.29) is 35.2 Å². The highest BCUT2D eigenvalue weighted by molar-refractivity contribution is 6.14. The third-order valence-corrected chi connectivity index (χ3v) is 5.45. The lowest BCUT2D eigenvalue weighted by atomic mass is 10.1.